The lowest BCUT2D eigenvalue weighted by molar-refractivity contribution is -0.385. The standard InChI is InChI=1S/C12H20N4O3/c1-10(17)7-11-3-2-4-14(11)5-6-15-9-12(8-13-15)16(18)19/h8-11,17H,2-7H2,1H3. The summed E-state index contributed by atoms with van der Waals surface area (Å²) < 4.78 is 1.61. The van der Waals surface area contributed by atoms with Crippen LogP contribution in [0.3, 0.4) is 0 Å². The van der Waals surface area contributed by atoms with Crippen molar-refractivity contribution in [3.8, 4) is 0 Å². The molecular formula is C12H20N4O3. The molecule has 0 bridgehead atoms. The van der Waals surface area contributed by atoms with E-state index in [0.717, 1.165) is 32.4 Å². The van der Waals surface area contributed by atoms with E-state index >= 15 is 0 Å². The number of hydrogen-bond acceptors (Lipinski definition) is 5. The Balaban J connectivity index is 1.85. The van der Waals surface area contributed by atoms with Crippen molar-refractivity contribution in [2.45, 2.75) is 44.9 Å². The van der Waals surface area contributed by atoms with Gasteiger partial charge in [0.1, 0.15) is 12.4 Å². The Morgan fingerprint density at radius 1 is 1.63 bits per heavy atom. The maximum atomic E-state index is 10.6. The maximum absolute atomic E-state index is 10.6. The zero-order valence-corrected chi connectivity index (χ0v) is 11.1. The molecule has 1 fully saturated rings. The molecule has 1 aromatic heterocycles. The molecule has 0 radical (unpaired) electrons. The third-order valence-electron chi connectivity index (χ3n) is 3.56. The first-order valence-corrected chi connectivity index (χ1v) is 6.65. The average molecular weight is 268 g/mol. The second-order valence-electron chi connectivity index (χ2n) is 5.14. The van der Waals surface area contributed by atoms with Crippen LogP contribution in [0.1, 0.15) is 26.2 Å². The summed E-state index contributed by atoms with van der Waals surface area (Å²) in [6.45, 7) is 4.30. The van der Waals surface area contributed by atoms with Crippen LogP contribution in [-0.2, 0) is 6.54 Å². The summed E-state index contributed by atoms with van der Waals surface area (Å²) in [7, 11) is 0. The molecule has 7 heteroatoms. The van der Waals surface area contributed by atoms with Crippen LogP contribution in [0.4, 0.5) is 5.69 Å². The SMILES string of the molecule is CC(O)CC1CCCN1CCn1cc([N+](=O)[O-])cn1. The van der Waals surface area contributed by atoms with Crippen molar-refractivity contribution in [2.75, 3.05) is 13.1 Å². The molecule has 0 amide bonds. The molecule has 0 aromatic carbocycles. The van der Waals surface area contributed by atoms with Crippen molar-refractivity contribution in [1.29, 1.82) is 0 Å². The molecule has 0 aliphatic carbocycles. The molecule has 7 nitrogen and oxygen atoms in total. The Bertz CT molecular complexity index is 432. The van der Waals surface area contributed by atoms with Crippen LogP contribution in [0, 0.1) is 10.1 Å². The van der Waals surface area contributed by atoms with Crippen molar-refractivity contribution >= 4 is 5.69 Å². The largest absolute Gasteiger partial charge is 0.393 e. The van der Waals surface area contributed by atoms with Crippen LogP contribution < -0.4 is 0 Å². The Morgan fingerprint density at radius 3 is 3.05 bits per heavy atom. The smallest absolute Gasteiger partial charge is 0.306 e. The summed E-state index contributed by atoms with van der Waals surface area (Å²) in [5.41, 5.74) is 0.0296. The van der Waals surface area contributed by atoms with Crippen molar-refractivity contribution in [3.05, 3.63) is 22.5 Å². The number of aliphatic hydroxyl groups is 1. The minimum Gasteiger partial charge on any atom is -0.393 e. The molecule has 1 aliphatic rings. The normalized spacial score (nSPS) is 21.7. The van der Waals surface area contributed by atoms with Gasteiger partial charge in [-0.1, -0.05) is 0 Å². The van der Waals surface area contributed by atoms with E-state index in [2.05, 4.69) is 10.00 Å². The lowest BCUT2D eigenvalue weighted by atomic mass is 10.1. The van der Waals surface area contributed by atoms with E-state index in [-0.39, 0.29) is 11.8 Å². The first-order chi connectivity index (χ1) is 9.06. The van der Waals surface area contributed by atoms with E-state index < -0.39 is 4.92 Å². The number of aliphatic hydroxyl groups excluding tert-OH is 1. The van der Waals surface area contributed by atoms with E-state index in [1.165, 1.54) is 12.4 Å². The number of hydrogen-bond donors (Lipinski definition) is 1. The van der Waals surface area contributed by atoms with Gasteiger partial charge in [0.25, 0.3) is 0 Å². The fraction of sp³-hybridized carbons (Fsp3) is 0.750. The highest BCUT2D eigenvalue weighted by Crippen LogP contribution is 2.21. The highest BCUT2D eigenvalue weighted by atomic mass is 16.6. The fourth-order valence-corrected chi connectivity index (χ4v) is 2.65. The molecule has 1 aromatic rings. The topological polar surface area (TPSA) is 84.4 Å². The van der Waals surface area contributed by atoms with Crippen molar-refractivity contribution in [2.24, 2.45) is 0 Å². The molecule has 1 saturated heterocycles. The van der Waals surface area contributed by atoms with Gasteiger partial charge in [-0.25, -0.2) is 0 Å². The van der Waals surface area contributed by atoms with Gasteiger partial charge in [0, 0.05) is 12.6 Å². The molecule has 19 heavy (non-hydrogen) atoms. The van der Waals surface area contributed by atoms with E-state index in [9.17, 15) is 15.2 Å². The monoisotopic (exact) mass is 268 g/mol. The maximum Gasteiger partial charge on any atom is 0.306 e. The number of nitro groups is 1. The number of aromatic nitrogens is 2. The van der Waals surface area contributed by atoms with Crippen LogP contribution in [0.25, 0.3) is 0 Å². The van der Waals surface area contributed by atoms with E-state index in [1.807, 2.05) is 6.92 Å². The summed E-state index contributed by atoms with van der Waals surface area (Å²) in [6, 6.07) is 0.422. The molecule has 0 saturated carbocycles. The van der Waals surface area contributed by atoms with E-state index in [4.69, 9.17) is 0 Å². The Labute approximate surface area is 112 Å². The van der Waals surface area contributed by atoms with Crippen LogP contribution >= 0.6 is 0 Å². The summed E-state index contributed by atoms with van der Waals surface area (Å²) >= 11 is 0. The highest BCUT2D eigenvalue weighted by molar-refractivity contribution is 5.20. The molecule has 0 spiro atoms. The molecule has 2 heterocycles. The molecule has 2 rings (SSSR count). The van der Waals surface area contributed by atoms with Crippen LogP contribution in [0.5, 0.6) is 0 Å². The van der Waals surface area contributed by atoms with Gasteiger partial charge >= 0.3 is 5.69 Å². The Hall–Kier alpha value is -1.47. The third kappa shape index (κ3) is 3.74. The summed E-state index contributed by atoms with van der Waals surface area (Å²) in [5, 5.41) is 24.0. The molecule has 106 valence electrons. The zero-order valence-electron chi connectivity index (χ0n) is 11.1. The molecule has 2 unspecified atom stereocenters. The first-order valence-electron chi connectivity index (χ1n) is 6.65. The third-order valence-corrected chi connectivity index (χ3v) is 3.56. The van der Waals surface area contributed by atoms with Crippen molar-refractivity contribution in [3.63, 3.8) is 0 Å². The lowest BCUT2D eigenvalue weighted by Crippen LogP contribution is -2.34. The minimum absolute atomic E-state index is 0.0296. The first kappa shape index (κ1) is 14.0. The second-order valence-corrected chi connectivity index (χ2v) is 5.14. The lowest BCUT2D eigenvalue weighted by Gasteiger charge is -2.25. The van der Waals surface area contributed by atoms with Gasteiger partial charge in [-0.15, -0.1) is 0 Å². The van der Waals surface area contributed by atoms with E-state index in [0.29, 0.717) is 12.6 Å². The van der Waals surface area contributed by atoms with Gasteiger partial charge in [-0.05, 0) is 32.7 Å². The van der Waals surface area contributed by atoms with Crippen molar-refractivity contribution in [1.82, 2.24) is 14.7 Å². The summed E-state index contributed by atoms with van der Waals surface area (Å²) in [6.07, 6.45) is 5.51. The number of likely N-dealkylation sites (tertiary alicyclic amines) is 1. The predicted octanol–water partition coefficient (Wildman–Crippen LogP) is 1.03. The van der Waals surface area contributed by atoms with Gasteiger partial charge < -0.3 is 5.11 Å². The predicted molar refractivity (Wildman–Crippen MR) is 69.8 cm³/mol. The van der Waals surface area contributed by atoms with Gasteiger partial charge in [0.15, 0.2) is 0 Å². The van der Waals surface area contributed by atoms with Gasteiger partial charge in [0.05, 0.1) is 17.6 Å². The van der Waals surface area contributed by atoms with E-state index in [1.54, 1.807) is 4.68 Å². The minimum atomic E-state index is -0.435. The average Bonchev–Trinajstić information content (AvgIpc) is 2.94. The molecule has 1 N–H and O–H groups in total. The zero-order chi connectivity index (χ0) is 13.8. The Morgan fingerprint density at radius 2 is 2.42 bits per heavy atom. The highest BCUT2D eigenvalue weighted by Gasteiger charge is 2.25. The molecule has 2 atom stereocenters. The summed E-state index contributed by atoms with van der Waals surface area (Å²) in [4.78, 5) is 12.5. The van der Waals surface area contributed by atoms with Crippen LogP contribution in [-0.4, -0.2) is 49.9 Å². The number of nitrogens with zero attached hydrogens (tertiary/aromatic N) is 4. The fourth-order valence-electron chi connectivity index (χ4n) is 2.65. The second kappa shape index (κ2) is 6.12. The van der Waals surface area contributed by atoms with Crippen molar-refractivity contribution < 1.29 is 10.0 Å². The number of rotatable bonds is 6. The van der Waals surface area contributed by atoms with Gasteiger partial charge in [0.2, 0.25) is 0 Å². The quantitative estimate of drug-likeness (QED) is 0.615. The Kier molecular flexibility index (Phi) is 4.49. The van der Waals surface area contributed by atoms with Gasteiger partial charge in [-0.3, -0.25) is 19.7 Å². The molecule has 1 aliphatic heterocycles. The van der Waals surface area contributed by atoms with Gasteiger partial charge in [-0.2, -0.15) is 5.10 Å². The molecular weight excluding hydrogens is 248 g/mol. The summed E-state index contributed by atoms with van der Waals surface area (Å²) in [5.74, 6) is 0. The van der Waals surface area contributed by atoms with Crippen LogP contribution in [0.2, 0.25) is 0 Å². The van der Waals surface area contributed by atoms with Crippen LogP contribution in [0.15, 0.2) is 12.4 Å².